The minimum atomic E-state index is -0.895. The number of fused-ring (bicyclic) bond motifs is 1. The maximum atomic E-state index is 10.9. The Morgan fingerprint density at radius 1 is 1.21 bits per heavy atom. The molecule has 0 radical (unpaired) electrons. The maximum absolute atomic E-state index is 10.9. The lowest BCUT2D eigenvalue weighted by Gasteiger charge is -1.97. The first kappa shape index (κ1) is 8.16. The molecule has 0 spiro atoms. The Kier molecular flexibility index (Phi) is 1.21. The zero-order valence-electron chi connectivity index (χ0n) is 6.75. The van der Waals surface area contributed by atoms with E-state index in [1.807, 2.05) is 0 Å². The summed E-state index contributed by atoms with van der Waals surface area (Å²) in [7, 11) is 0. The molecule has 0 aliphatic heterocycles. The molecule has 9 heteroatoms. The van der Waals surface area contributed by atoms with Gasteiger partial charge >= 0.3 is 5.88 Å². The number of aromatic hydroxyl groups is 1. The summed E-state index contributed by atoms with van der Waals surface area (Å²) >= 11 is 0. The number of aromatic nitrogens is 3. The van der Waals surface area contributed by atoms with Crippen LogP contribution in [-0.2, 0) is 0 Å². The lowest BCUT2D eigenvalue weighted by molar-refractivity contribution is -0.726. The van der Waals surface area contributed by atoms with E-state index >= 15 is 0 Å². The van der Waals surface area contributed by atoms with E-state index in [0.717, 1.165) is 0 Å². The van der Waals surface area contributed by atoms with Gasteiger partial charge in [0.25, 0.3) is 0 Å². The molecule has 76 valence electrons. The summed E-state index contributed by atoms with van der Waals surface area (Å²) in [6, 6.07) is 0. The monoisotopic (exact) mass is 201 g/mol. The SMILES string of the molecule is Nc1c(N)n(O)c2c(O)[n+]([O-])n(O)c12. The zero-order chi connectivity index (χ0) is 10.6. The minimum absolute atomic E-state index is 0.0447. The highest BCUT2D eigenvalue weighted by atomic mass is 16.6. The highest BCUT2D eigenvalue weighted by Gasteiger charge is 2.30. The molecule has 14 heavy (non-hydrogen) atoms. The fourth-order valence-corrected chi connectivity index (χ4v) is 1.26. The second kappa shape index (κ2) is 2.07. The Balaban J connectivity index is 3.08. The predicted molar refractivity (Wildman–Crippen MR) is 43.7 cm³/mol. The molecule has 0 aliphatic rings. The van der Waals surface area contributed by atoms with Gasteiger partial charge in [0.1, 0.15) is 5.69 Å². The third kappa shape index (κ3) is 0.620. The summed E-state index contributed by atoms with van der Waals surface area (Å²) in [6.07, 6.45) is 0. The van der Waals surface area contributed by atoms with Crippen molar-refractivity contribution in [3.8, 4) is 5.88 Å². The molecule has 0 aromatic carbocycles. The topological polar surface area (TPSA) is 150 Å². The quantitative estimate of drug-likeness (QED) is 0.197. The average Bonchev–Trinajstić information content (AvgIpc) is 2.51. The normalized spacial score (nSPS) is 11.1. The maximum Gasteiger partial charge on any atom is 0.435 e. The van der Waals surface area contributed by atoms with E-state index in [0.29, 0.717) is 4.73 Å². The van der Waals surface area contributed by atoms with Gasteiger partial charge in [-0.1, -0.05) is 0 Å². The second-order valence-electron chi connectivity index (χ2n) is 2.69. The van der Waals surface area contributed by atoms with Crippen molar-refractivity contribution < 1.29 is 20.4 Å². The highest BCUT2D eigenvalue weighted by Crippen LogP contribution is 2.32. The highest BCUT2D eigenvalue weighted by molar-refractivity contribution is 5.97. The fourth-order valence-electron chi connectivity index (χ4n) is 1.26. The van der Waals surface area contributed by atoms with Gasteiger partial charge in [0, 0.05) is 4.85 Å². The van der Waals surface area contributed by atoms with Crippen LogP contribution in [0.5, 0.6) is 5.88 Å². The van der Waals surface area contributed by atoms with Gasteiger partial charge in [-0.2, -0.15) is 4.73 Å². The number of nitrogen functional groups attached to an aromatic ring is 2. The van der Waals surface area contributed by atoms with Crippen LogP contribution in [0.2, 0.25) is 0 Å². The van der Waals surface area contributed by atoms with Crippen molar-refractivity contribution in [2.24, 2.45) is 0 Å². The van der Waals surface area contributed by atoms with Crippen LogP contribution >= 0.6 is 0 Å². The van der Waals surface area contributed by atoms with Crippen molar-refractivity contribution in [2.75, 3.05) is 11.5 Å². The Morgan fingerprint density at radius 3 is 2.29 bits per heavy atom. The summed E-state index contributed by atoms with van der Waals surface area (Å²) < 4.78 is 0.321. The first-order valence-electron chi connectivity index (χ1n) is 3.48. The lowest BCUT2D eigenvalue weighted by atomic mass is 10.4. The zero-order valence-corrected chi connectivity index (χ0v) is 6.75. The summed E-state index contributed by atoms with van der Waals surface area (Å²) in [5.74, 6) is -1.16. The van der Waals surface area contributed by atoms with Gasteiger partial charge < -0.3 is 32.2 Å². The first-order valence-corrected chi connectivity index (χ1v) is 3.48. The molecule has 0 bridgehead atoms. The third-order valence-corrected chi connectivity index (χ3v) is 1.96. The molecule has 0 saturated heterocycles. The van der Waals surface area contributed by atoms with Crippen molar-refractivity contribution in [3.05, 3.63) is 5.21 Å². The number of nitrogens with zero attached hydrogens (tertiary/aromatic N) is 3. The Morgan fingerprint density at radius 2 is 1.79 bits per heavy atom. The minimum Gasteiger partial charge on any atom is -0.591 e. The molecule has 0 saturated carbocycles. The Labute approximate surface area is 76.1 Å². The molecule has 2 aromatic rings. The fraction of sp³-hybridized carbons (Fsp3) is 0. The van der Waals surface area contributed by atoms with Gasteiger partial charge in [0.2, 0.25) is 11.0 Å². The van der Waals surface area contributed by atoms with Gasteiger partial charge in [-0.15, -0.1) is 0 Å². The molecule has 0 fully saturated rings. The third-order valence-electron chi connectivity index (χ3n) is 1.96. The van der Waals surface area contributed by atoms with E-state index in [1.54, 1.807) is 0 Å². The smallest absolute Gasteiger partial charge is 0.435 e. The van der Waals surface area contributed by atoms with Crippen LogP contribution < -0.4 is 16.3 Å². The Hall–Kier alpha value is -2.45. The van der Waals surface area contributed by atoms with Crippen LogP contribution in [0.1, 0.15) is 0 Å². The van der Waals surface area contributed by atoms with Crippen LogP contribution in [0.3, 0.4) is 0 Å². The van der Waals surface area contributed by atoms with Gasteiger partial charge in [-0.05, 0) is 4.85 Å². The standard InChI is InChI=1S/C5H7N5O4/c6-1-2-3(8(12)4(1)7)5(11)10(14)9(2)13/h11-13H,6-7H2. The van der Waals surface area contributed by atoms with Crippen LogP contribution in [0.4, 0.5) is 11.5 Å². The van der Waals surface area contributed by atoms with Crippen molar-refractivity contribution in [1.82, 2.24) is 9.58 Å². The van der Waals surface area contributed by atoms with Crippen molar-refractivity contribution in [3.63, 3.8) is 0 Å². The van der Waals surface area contributed by atoms with E-state index in [4.69, 9.17) is 16.7 Å². The molecule has 0 atom stereocenters. The Bertz CT molecular complexity index is 439. The molecule has 2 aromatic heterocycles. The molecule has 0 aliphatic carbocycles. The second-order valence-corrected chi connectivity index (χ2v) is 2.69. The largest absolute Gasteiger partial charge is 0.591 e. The molecule has 2 heterocycles. The number of anilines is 2. The van der Waals surface area contributed by atoms with Crippen LogP contribution in [0.15, 0.2) is 0 Å². The van der Waals surface area contributed by atoms with E-state index in [9.17, 15) is 15.5 Å². The molecule has 2 rings (SSSR count). The first-order chi connectivity index (χ1) is 6.46. The molecule has 0 amide bonds. The van der Waals surface area contributed by atoms with Crippen molar-refractivity contribution in [2.45, 2.75) is 0 Å². The van der Waals surface area contributed by atoms with E-state index in [1.165, 1.54) is 0 Å². The van der Waals surface area contributed by atoms with E-state index < -0.39 is 5.88 Å². The van der Waals surface area contributed by atoms with Gasteiger partial charge in [0.15, 0.2) is 5.82 Å². The van der Waals surface area contributed by atoms with Crippen molar-refractivity contribution >= 4 is 22.5 Å². The number of nitrogens with two attached hydrogens (primary N) is 2. The summed E-state index contributed by atoms with van der Waals surface area (Å²) in [4.78, 5) is -0.198. The van der Waals surface area contributed by atoms with Crippen molar-refractivity contribution in [1.29, 1.82) is 0 Å². The van der Waals surface area contributed by atoms with Gasteiger partial charge in [0.05, 0.1) is 0 Å². The van der Waals surface area contributed by atoms with E-state index in [-0.39, 0.29) is 32.2 Å². The molecular weight excluding hydrogens is 194 g/mol. The van der Waals surface area contributed by atoms with E-state index in [2.05, 4.69) is 0 Å². The summed E-state index contributed by atoms with van der Waals surface area (Å²) in [5, 5.41) is 38.5. The molecule has 7 N–H and O–H groups in total. The predicted octanol–water partition coefficient (Wildman–Crippen LogP) is -1.58. The molecule has 9 nitrogen and oxygen atoms in total. The molecule has 0 unspecified atom stereocenters. The molecular formula is C5H7N5O4. The van der Waals surface area contributed by atoms with Gasteiger partial charge in [-0.3, -0.25) is 0 Å². The number of hydrogen-bond acceptors (Lipinski definition) is 6. The van der Waals surface area contributed by atoms with Crippen LogP contribution in [0, 0.1) is 5.21 Å². The van der Waals surface area contributed by atoms with Crippen LogP contribution in [0.25, 0.3) is 11.0 Å². The lowest BCUT2D eigenvalue weighted by Crippen LogP contribution is -2.35. The number of hydrogen-bond donors (Lipinski definition) is 5. The van der Waals surface area contributed by atoms with Crippen LogP contribution in [-0.4, -0.2) is 25.1 Å². The summed E-state index contributed by atoms with van der Waals surface area (Å²) in [5.41, 5.74) is 9.86. The number of rotatable bonds is 0. The average molecular weight is 201 g/mol. The summed E-state index contributed by atoms with van der Waals surface area (Å²) in [6.45, 7) is 0. The van der Waals surface area contributed by atoms with Gasteiger partial charge in [-0.25, -0.2) is 0 Å².